The third-order valence-electron chi connectivity index (χ3n) is 3.22. The van der Waals surface area contributed by atoms with Crippen molar-refractivity contribution in [2.24, 2.45) is 5.92 Å². The molecule has 0 aromatic heterocycles. The summed E-state index contributed by atoms with van der Waals surface area (Å²) in [7, 11) is 0. The summed E-state index contributed by atoms with van der Waals surface area (Å²) < 4.78 is 0. The Kier molecular flexibility index (Phi) is 2.47. The van der Waals surface area contributed by atoms with Crippen molar-refractivity contribution in [2.75, 3.05) is 6.54 Å². The number of nitrogens with zero attached hydrogens (tertiary/aromatic N) is 1. The van der Waals surface area contributed by atoms with E-state index in [-0.39, 0.29) is 0 Å². The van der Waals surface area contributed by atoms with Crippen molar-refractivity contribution in [3.63, 3.8) is 0 Å². The fraction of sp³-hybridized carbons (Fsp3) is 1.00. The lowest BCUT2D eigenvalue weighted by Gasteiger charge is -2.28. The Hall–Kier alpha value is -0.0400. The third kappa shape index (κ3) is 1.76. The van der Waals surface area contributed by atoms with Crippen molar-refractivity contribution < 1.29 is 0 Å². The van der Waals surface area contributed by atoms with Gasteiger partial charge in [0.1, 0.15) is 0 Å². The molecule has 1 aliphatic carbocycles. The summed E-state index contributed by atoms with van der Waals surface area (Å²) in [5.74, 6) is 0.978. The van der Waals surface area contributed by atoms with E-state index in [1.807, 2.05) is 0 Å². The molecule has 1 aliphatic heterocycles. The maximum absolute atomic E-state index is 4.75. The van der Waals surface area contributed by atoms with Gasteiger partial charge in [-0.05, 0) is 31.6 Å². The van der Waals surface area contributed by atoms with Crippen LogP contribution in [0, 0.1) is 5.92 Å². The molecule has 1 nitrogen and oxygen atoms in total. The van der Waals surface area contributed by atoms with Gasteiger partial charge in [0.05, 0.1) is 0 Å². The molecule has 1 radical (unpaired) electrons. The average Bonchev–Trinajstić information content (AvgIpc) is 2.28. The fourth-order valence-electron chi connectivity index (χ4n) is 2.54. The van der Waals surface area contributed by atoms with Gasteiger partial charge in [0.15, 0.2) is 0 Å². The zero-order valence-electron chi connectivity index (χ0n) is 7.26. The summed E-state index contributed by atoms with van der Waals surface area (Å²) in [4.78, 5) is 0. The SMILES string of the molecule is C1CCC2CCCCC2[N]C1. The van der Waals surface area contributed by atoms with Crippen LogP contribution in [-0.4, -0.2) is 12.6 Å². The van der Waals surface area contributed by atoms with Crippen LogP contribution in [0.15, 0.2) is 0 Å². The summed E-state index contributed by atoms with van der Waals surface area (Å²) in [6, 6.07) is 0.770. The third-order valence-corrected chi connectivity index (χ3v) is 3.22. The first-order valence-electron chi connectivity index (χ1n) is 5.13. The highest BCUT2D eigenvalue weighted by molar-refractivity contribution is 4.82. The molecule has 1 heteroatoms. The lowest BCUT2D eigenvalue weighted by atomic mass is 9.82. The van der Waals surface area contributed by atoms with E-state index in [2.05, 4.69) is 0 Å². The normalized spacial score (nSPS) is 39.3. The molecule has 2 aliphatic rings. The van der Waals surface area contributed by atoms with Crippen molar-refractivity contribution in [3.8, 4) is 0 Å². The van der Waals surface area contributed by atoms with Crippen LogP contribution in [0.25, 0.3) is 0 Å². The first-order chi connectivity index (χ1) is 5.47. The molecule has 0 spiro atoms. The zero-order chi connectivity index (χ0) is 7.52. The van der Waals surface area contributed by atoms with Crippen molar-refractivity contribution in [1.82, 2.24) is 5.32 Å². The maximum Gasteiger partial charge on any atom is 0.0274 e. The van der Waals surface area contributed by atoms with E-state index in [4.69, 9.17) is 5.32 Å². The van der Waals surface area contributed by atoms with E-state index >= 15 is 0 Å². The van der Waals surface area contributed by atoms with Gasteiger partial charge in [-0.1, -0.05) is 19.3 Å². The number of fused-ring (bicyclic) bond motifs is 1. The molecule has 1 saturated carbocycles. The highest BCUT2D eigenvalue weighted by atomic mass is 14.9. The summed E-state index contributed by atoms with van der Waals surface area (Å²) in [6.45, 7) is 1.15. The molecular formula is C10H18N. The predicted molar refractivity (Wildman–Crippen MR) is 46.6 cm³/mol. The minimum absolute atomic E-state index is 0.770. The van der Waals surface area contributed by atoms with E-state index in [1.54, 1.807) is 0 Å². The minimum atomic E-state index is 0.770. The second-order valence-corrected chi connectivity index (χ2v) is 4.01. The molecule has 63 valence electrons. The van der Waals surface area contributed by atoms with Crippen LogP contribution in [-0.2, 0) is 0 Å². The first kappa shape index (κ1) is 7.60. The summed E-state index contributed by atoms with van der Waals surface area (Å²) in [5.41, 5.74) is 0. The molecule has 0 aromatic rings. The Balaban J connectivity index is 1.93. The molecule has 11 heavy (non-hydrogen) atoms. The molecular weight excluding hydrogens is 134 g/mol. The molecule has 0 amide bonds. The Labute approximate surface area is 69.6 Å². The van der Waals surface area contributed by atoms with Crippen LogP contribution >= 0.6 is 0 Å². The highest BCUT2D eigenvalue weighted by Crippen LogP contribution is 2.30. The Morgan fingerprint density at radius 3 is 2.45 bits per heavy atom. The first-order valence-corrected chi connectivity index (χ1v) is 5.13. The Morgan fingerprint density at radius 2 is 1.55 bits per heavy atom. The van der Waals surface area contributed by atoms with Crippen molar-refractivity contribution >= 4 is 0 Å². The van der Waals surface area contributed by atoms with Crippen LogP contribution in [0.5, 0.6) is 0 Å². The van der Waals surface area contributed by atoms with Gasteiger partial charge in [-0.3, -0.25) is 0 Å². The number of hydrogen-bond acceptors (Lipinski definition) is 0. The second-order valence-electron chi connectivity index (χ2n) is 4.01. The summed E-state index contributed by atoms with van der Waals surface area (Å²) in [6.07, 6.45) is 10.0. The van der Waals surface area contributed by atoms with Crippen LogP contribution < -0.4 is 5.32 Å². The number of rotatable bonds is 0. The largest absolute Gasteiger partial charge is 0.238 e. The van der Waals surface area contributed by atoms with Gasteiger partial charge in [-0.25, -0.2) is 5.32 Å². The summed E-state index contributed by atoms with van der Waals surface area (Å²) >= 11 is 0. The average molecular weight is 152 g/mol. The van der Waals surface area contributed by atoms with Gasteiger partial charge in [-0.15, -0.1) is 0 Å². The molecule has 2 rings (SSSR count). The quantitative estimate of drug-likeness (QED) is 0.506. The molecule has 1 saturated heterocycles. The molecule has 0 bridgehead atoms. The van der Waals surface area contributed by atoms with Gasteiger partial charge in [-0.2, -0.15) is 0 Å². The minimum Gasteiger partial charge on any atom is -0.238 e. The molecule has 2 atom stereocenters. The molecule has 0 N–H and O–H groups in total. The van der Waals surface area contributed by atoms with Crippen molar-refractivity contribution in [2.45, 2.75) is 51.0 Å². The lowest BCUT2D eigenvalue weighted by Crippen LogP contribution is -2.32. The molecule has 2 unspecified atom stereocenters. The van der Waals surface area contributed by atoms with E-state index in [0.29, 0.717) is 0 Å². The Morgan fingerprint density at radius 1 is 0.818 bits per heavy atom. The zero-order valence-corrected chi connectivity index (χ0v) is 7.26. The maximum atomic E-state index is 4.75. The van der Waals surface area contributed by atoms with Gasteiger partial charge in [0.25, 0.3) is 0 Å². The van der Waals surface area contributed by atoms with E-state index in [9.17, 15) is 0 Å². The van der Waals surface area contributed by atoms with Crippen LogP contribution in [0.4, 0.5) is 0 Å². The standard InChI is InChI=1S/C10H18N/c1-2-7-10-9(5-1)6-3-4-8-11-10/h9-10H,1-8H2. The van der Waals surface area contributed by atoms with Crippen LogP contribution in [0.1, 0.15) is 44.9 Å². The van der Waals surface area contributed by atoms with Crippen molar-refractivity contribution in [3.05, 3.63) is 0 Å². The van der Waals surface area contributed by atoms with Gasteiger partial charge < -0.3 is 0 Å². The van der Waals surface area contributed by atoms with E-state index < -0.39 is 0 Å². The van der Waals surface area contributed by atoms with E-state index in [1.165, 1.54) is 44.9 Å². The van der Waals surface area contributed by atoms with Crippen molar-refractivity contribution in [1.29, 1.82) is 0 Å². The number of hydrogen-bond donors (Lipinski definition) is 0. The van der Waals surface area contributed by atoms with Crippen LogP contribution in [0.3, 0.4) is 0 Å². The monoisotopic (exact) mass is 152 g/mol. The fourth-order valence-corrected chi connectivity index (χ4v) is 2.54. The molecule has 1 heterocycles. The summed E-state index contributed by atoms with van der Waals surface area (Å²) in [5, 5.41) is 4.75. The van der Waals surface area contributed by atoms with Crippen LogP contribution in [0.2, 0.25) is 0 Å². The van der Waals surface area contributed by atoms with Gasteiger partial charge in [0, 0.05) is 12.6 Å². The smallest absolute Gasteiger partial charge is 0.0274 e. The Bertz CT molecular complexity index is 108. The lowest BCUT2D eigenvalue weighted by molar-refractivity contribution is 0.264. The second kappa shape index (κ2) is 3.57. The highest BCUT2D eigenvalue weighted by Gasteiger charge is 2.26. The molecule has 2 fully saturated rings. The van der Waals surface area contributed by atoms with Gasteiger partial charge >= 0.3 is 0 Å². The van der Waals surface area contributed by atoms with Gasteiger partial charge in [0.2, 0.25) is 0 Å². The topological polar surface area (TPSA) is 14.1 Å². The molecule has 0 aromatic carbocycles. The predicted octanol–water partition coefficient (Wildman–Crippen LogP) is 2.33. The van der Waals surface area contributed by atoms with E-state index in [0.717, 1.165) is 18.5 Å².